The number of alkyl carbamates (subject to hydrolysis) is 1. The summed E-state index contributed by atoms with van der Waals surface area (Å²) in [4.78, 5) is 40.2. The van der Waals surface area contributed by atoms with E-state index in [1.54, 1.807) is 32.5 Å². The average molecular weight is 475 g/mol. The first-order valence-electron chi connectivity index (χ1n) is 11.5. The van der Waals surface area contributed by atoms with Gasteiger partial charge in [-0.2, -0.15) is 11.8 Å². The second-order valence-corrected chi connectivity index (χ2v) is 9.91. The SMILES string of the molecule is CCCC[C@H](NC(=O)OC(C)(C)C)C(=O)N[C@@H](CCSC)C(=O)NCCN1CCOCC1. The molecule has 1 heterocycles. The molecule has 3 N–H and O–H groups in total. The Kier molecular flexibility index (Phi) is 13.7. The highest BCUT2D eigenvalue weighted by molar-refractivity contribution is 7.98. The number of hydrogen-bond acceptors (Lipinski definition) is 7. The van der Waals surface area contributed by atoms with Crippen molar-refractivity contribution in [3.8, 4) is 0 Å². The first kappa shape index (κ1) is 28.5. The number of carbonyl (C=O) groups is 3. The highest BCUT2D eigenvalue weighted by atomic mass is 32.2. The molecular weight excluding hydrogens is 432 g/mol. The molecule has 0 radical (unpaired) electrons. The van der Waals surface area contributed by atoms with Crippen LogP contribution in [0.2, 0.25) is 0 Å². The van der Waals surface area contributed by atoms with Crippen LogP contribution in [0.5, 0.6) is 0 Å². The van der Waals surface area contributed by atoms with Crippen LogP contribution < -0.4 is 16.0 Å². The molecule has 1 aliphatic rings. The van der Waals surface area contributed by atoms with Crippen molar-refractivity contribution in [2.45, 2.75) is 71.1 Å². The minimum atomic E-state index is -0.747. The monoisotopic (exact) mass is 474 g/mol. The van der Waals surface area contributed by atoms with E-state index in [1.165, 1.54) is 0 Å². The number of morpholine rings is 1. The summed E-state index contributed by atoms with van der Waals surface area (Å²) in [7, 11) is 0. The Labute approximate surface area is 197 Å². The van der Waals surface area contributed by atoms with Gasteiger partial charge in [0.15, 0.2) is 0 Å². The first-order valence-corrected chi connectivity index (χ1v) is 12.9. The van der Waals surface area contributed by atoms with Crippen LogP contribution in [0.4, 0.5) is 4.79 Å². The molecule has 9 nitrogen and oxygen atoms in total. The van der Waals surface area contributed by atoms with Gasteiger partial charge in [0.1, 0.15) is 17.7 Å². The molecule has 1 aliphatic heterocycles. The molecule has 1 fully saturated rings. The fourth-order valence-corrected chi connectivity index (χ4v) is 3.66. The number of amides is 3. The molecule has 2 atom stereocenters. The fourth-order valence-electron chi connectivity index (χ4n) is 3.19. The molecular formula is C22H42N4O5S. The van der Waals surface area contributed by atoms with E-state index >= 15 is 0 Å². The van der Waals surface area contributed by atoms with Gasteiger partial charge in [-0.25, -0.2) is 4.79 Å². The highest BCUT2D eigenvalue weighted by Gasteiger charge is 2.28. The predicted octanol–water partition coefficient (Wildman–Crippen LogP) is 1.76. The second-order valence-electron chi connectivity index (χ2n) is 8.93. The lowest BCUT2D eigenvalue weighted by Gasteiger charge is -2.27. The zero-order valence-electron chi connectivity index (χ0n) is 20.3. The van der Waals surface area contributed by atoms with Crippen molar-refractivity contribution in [1.29, 1.82) is 0 Å². The van der Waals surface area contributed by atoms with E-state index in [0.29, 0.717) is 32.6 Å². The molecule has 0 aromatic heterocycles. The molecule has 32 heavy (non-hydrogen) atoms. The van der Waals surface area contributed by atoms with Crippen molar-refractivity contribution < 1.29 is 23.9 Å². The van der Waals surface area contributed by atoms with Crippen LogP contribution in [0.1, 0.15) is 53.4 Å². The Hall–Kier alpha value is -1.52. The van der Waals surface area contributed by atoms with Gasteiger partial charge in [-0.15, -0.1) is 0 Å². The minimum Gasteiger partial charge on any atom is -0.444 e. The van der Waals surface area contributed by atoms with Crippen LogP contribution in [-0.2, 0) is 19.1 Å². The minimum absolute atomic E-state index is 0.202. The maximum atomic E-state index is 13.0. The van der Waals surface area contributed by atoms with Gasteiger partial charge in [-0.05, 0) is 45.6 Å². The normalized spacial score (nSPS) is 16.7. The summed E-state index contributed by atoms with van der Waals surface area (Å²) >= 11 is 1.62. The molecule has 1 saturated heterocycles. The van der Waals surface area contributed by atoms with Gasteiger partial charge in [0.2, 0.25) is 11.8 Å². The molecule has 186 valence electrons. The third-order valence-electron chi connectivity index (χ3n) is 4.93. The zero-order valence-corrected chi connectivity index (χ0v) is 21.1. The number of thioether (sulfide) groups is 1. The predicted molar refractivity (Wildman–Crippen MR) is 128 cm³/mol. The Balaban J connectivity index is 2.66. The second kappa shape index (κ2) is 15.3. The van der Waals surface area contributed by atoms with E-state index < -0.39 is 23.8 Å². The highest BCUT2D eigenvalue weighted by Crippen LogP contribution is 2.09. The van der Waals surface area contributed by atoms with Crippen LogP contribution in [0.15, 0.2) is 0 Å². The Bertz CT molecular complexity index is 579. The van der Waals surface area contributed by atoms with Gasteiger partial charge in [0, 0.05) is 26.2 Å². The topological polar surface area (TPSA) is 109 Å². The van der Waals surface area contributed by atoms with Gasteiger partial charge >= 0.3 is 6.09 Å². The van der Waals surface area contributed by atoms with Crippen molar-refractivity contribution >= 4 is 29.7 Å². The zero-order chi connectivity index (χ0) is 24.0. The number of rotatable bonds is 13. The lowest BCUT2D eigenvalue weighted by molar-refractivity contribution is -0.130. The smallest absolute Gasteiger partial charge is 0.408 e. The molecule has 0 aliphatic carbocycles. The summed E-state index contributed by atoms with van der Waals surface area (Å²) in [6.45, 7) is 11.7. The maximum Gasteiger partial charge on any atom is 0.408 e. The van der Waals surface area contributed by atoms with Gasteiger partial charge in [0.25, 0.3) is 0 Å². The van der Waals surface area contributed by atoms with E-state index in [2.05, 4.69) is 20.9 Å². The van der Waals surface area contributed by atoms with Gasteiger partial charge in [0.05, 0.1) is 13.2 Å². The number of hydrogen-bond donors (Lipinski definition) is 3. The molecule has 0 spiro atoms. The average Bonchev–Trinajstić information content (AvgIpc) is 2.73. The summed E-state index contributed by atoms with van der Waals surface area (Å²) in [6.07, 6.45) is 3.99. The van der Waals surface area contributed by atoms with E-state index in [4.69, 9.17) is 9.47 Å². The number of nitrogens with zero attached hydrogens (tertiary/aromatic N) is 1. The van der Waals surface area contributed by atoms with Crippen LogP contribution in [-0.4, -0.2) is 91.9 Å². The molecule has 0 aromatic rings. The Morgan fingerprint density at radius 2 is 1.72 bits per heavy atom. The fraction of sp³-hybridized carbons (Fsp3) is 0.864. The lowest BCUT2D eigenvalue weighted by Crippen LogP contribution is -2.55. The van der Waals surface area contributed by atoms with Crippen molar-refractivity contribution in [3.63, 3.8) is 0 Å². The third kappa shape index (κ3) is 12.5. The molecule has 0 unspecified atom stereocenters. The Morgan fingerprint density at radius 3 is 2.31 bits per heavy atom. The van der Waals surface area contributed by atoms with Crippen molar-refractivity contribution in [2.24, 2.45) is 0 Å². The first-order chi connectivity index (χ1) is 15.2. The van der Waals surface area contributed by atoms with E-state index in [-0.39, 0.29) is 11.8 Å². The summed E-state index contributed by atoms with van der Waals surface area (Å²) in [5.41, 5.74) is -0.656. The van der Waals surface area contributed by atoms with Gasteiger partial charge < -0.3 is 25.4 Å². The quantitative estimate of drug-likeness (QED) is 0.373. The molecule has 0 bridgehead atoms. The molecule has 1 rings (SSSR count). The van der Waals surface area contributed by atoms with Gasteiger partial charge in [-0.1, -0.05) is 19.8 Å². The summed E-state index contributed by atoms with van der Waals surface area (Å²) < 4.78 is 10.6. The number of ether oxygens (including phenoxy) is 2. The summed E-state index contributed by atoms with van der Waals surface area (Å²) in [5, 5.41) is 8.46. The summed E-state index contributed by atoms with van der Waals surface area (Å²) in [6, 6.07) is -1.40. The van der Waals surface area contributed by atoms with E-state index in [9.17, 15) is 14.4 Å². The largest absolute Gasteiger partial charge is 0.444 e. The van der Waals surface area contributed by atoms with Crippen LogP contribution >= 0.6 is 11.8 Å². The lowest BCUT2D eigenvalue weighted by atomic mass is 10.1. The number of carbonyl (C=O) groups excluding carboxylic acids is 3. The van der Waals surface area contributed by atoms with E-state index in [0.717, 1.165) is 38.2 Å². The molecule has 0 aromatic carbocycles. The number of nitrogens with one attached hydrogen (secondary N) is 3. The molecule has 0 saturated carbocycles. The number of unbranched alkanes of at least 4 members (excludes halogenated alkanes) is 1. The van der Waals surface area contributed by atoms with Gasteiger partial charge in [-0.3, -0.25) is 14.5 Å². The van der Waals surface area contributed by atoms with Crippen LogP contribution in [0.3, 0.4) is 0 Å². The molecule has 3 amide bonds. The van der Waals surface area contributed by atoms with Crippen molar-refractivity contribution in [1.82, 2.24) is 20.9 Å². The molecule has 10 heteroatoms. The summed E-state index contributed by atoms with van der Waals surface area (Å²) in [5.74, 6) is 0.173. The Morgan fingerprint density at radius 1 is 1.06 bits per heavy atom. The standard InChI is InChI=1S/C22H42N4O5S/c1-6-7-8-17(25-21(29)31-22(2,3)4)20(28)24-18(9-16-32-5)19(27)23-10-11-26-12-14-30-15-13-26/h17-18H,6-16H2,1-5H3,(H,23,27)(H,24,28)(H,25,29)/t17-,18-/m0/s1. The van der Waals surface area contributed by atoms with Crippen LogP contribution in [0, 0.1) is 0 Å². The van der Waals surface area contributed by atoms with Crippen molar-refractivity contribution in [3.05, 3.63) is 0 Å². The van der Waals surface area contributed by atoms with Crippen LogP contribution in [0.25, 0.3) is 0 Å². The third-order valence-corrected chi connectivity index (χ3v) is 5.57. The van der Waals surface area contributed by atoms with Crippen molar-refractivity contribution in [2.75, 3.05) is 51.4 Å². The maximum absolute atomic E-state index is 13.0. The van der Waals surface area contributed by atoms with E-state index in [1.807, 2.05) is 13.2 Å².